The van der Waals surface area contributed by atoms with E-state index in [9.17, 15) is 14.4 Å². The van der Waals surface area contributed by atoms with Gasteiger partial charge in [0.25, 0.3) is 11.8 Å². The van der Waals surface area contributed by atoms with Gasteiger partial charge in [-0.05, 0) is 60.6 Å². The number of hydrogen-bond acceptors (Lipinski definition) is 5. The highest BCUT2D eigenvalue weighted by atomic mass is 16.6. The Bertz CT molecular complexity index is 1290. The van der Waals surface area contributed by atoms with Crippen LogP contribution >= 0.6 is 0 Å². The van der Waals surface area contributed by atoms with E-state index in [2.05, 4.69) is 19.1 Å². The topological polar surface area (TPSA) is 79.4 Å². The Labute approximate surface area is 222 Å². The van der Waals surface area contributed by atoms with E-state index in [1.54, 1.807) is 6.07 Å². The zero-order valence-corrected chi connectivity index (χ0v) is 21.7. The average Bonchev–Trinajstić information content (AvgIpc) is 3.38. The summed E-state index contributed by atoms with van der Waals surface area (Å²) in [7, 11) is 0. The molecule has 5 aliphatic heterocycles. The minimum absolute atomic E-state index is 0.0453. The molecule has 5 heterocycles. The van der Waals surface area contributed by atoms with Gasteiger partial charge in [-0.3, -0.25) is 14.5 Å². The maximum Gasteiger partial charge on any atom is 0.410 e. The van der Waals surface area contributed by atoms with Crippen LogP contribution in [0.1, 0.15) is 69.5 Å². The molecule has 2 bridgehead atoms. The molecule has 0 N–H and O–H groups in total. The Morgan fingerprint density at radius 2 is 1.79 bits per heavy atom. The third-order valence-corrected chi connectivity index (χ3v) is 9.27. The summed E-state index contributed by atoms with van der Waals surface area (Å²) in [6.07, 6.45) is 2.90. The smallest absolute Gasteiger partial charge is 0.410 e. The van der Waals surface area contributed by atoms with Crippen LogP contribution in [0.2, 0.25) is 0 Å². The lowest BCUT2D eigenvalue weighted by atomic mass is 9.85. The highest BCUT2D eigenvalue weighted by Crippen LogP contribution is 2.36. The van der Waals surface area contributed by atoms with Gasteiger partial charge < -0.3 is 19.3 Å². The van der Waals surface area contributed by atoms with Crippen LogP contribution in [0.4, 0.5) is 4.79 Å². The summed E-state index contributed by atoms with van der Waals surface area (Å²) in [6.45, 7) is 4.81. The van der Waals surface area contributed by atoms with E-state index in [-0.39, 0.29) is 48.1 Å². The van der Waals surface area contributed by atoms with Gasteiger partial charge in [-0.15, -0.1) is 0 Å². The monoisotopic (exact) mass is 515 g/mol. The summed E-state index contributed by atoms with van der Waals surface area (Å²) < 4.78 is 11.5. The van der Waals surface area contributed by atoms with Crippen molar-refractivity contribution in [3.05, 3.63) is 70.3 Å². The second-order valence-electron chi connectivity index (χ2n) is 11.3. The number of amides is 3. The Hall–Kier alpha value is -3.39. The Morgan fingerprint density at radius 1 is 1.03 bits per heavy atom. The Kier molecular flexibility index (Phi) is 5.69. The standard InChI is InChI=1S/C30H33N3O5/c1-2-18-13-31(15-27-26-12-19-5-3-4-6-21(19)14-32(26)30(36)38-27)29(35)24-10-7-20(11-25(18)24)28(34)33-22-8-9-23(33)17-37-16-22/h3-7,10-11,18,22-23,26-27H,2,8-9,12-17H2,1H3/t18?,22?,23?,26-,27?/m0/s1. The first-order chi connectivity index (χ1) is 18.5. The SMILES string of the molecule is CCC1CN(CC2OC(=O)N3Cc4ccccc4C[C@@H]23)C(=O)c2ccc(C(=O)N3C4CCC3COC4)cc21. The van der Waals surface area contributed by atoms with E-state index in [1.165, 1.54) is 5.56 Å². The van der Waals surface area contributed by atoms with Crippen molar-refractivity contribution in [2.45, 2.75) is 69.3 Å². The lowest BCUT2D eigenvalue weighted by Gasteiger charge is -2.38. The van der Waals surface area contributed by atoms with Crippen LogP contribution in [-0.4, -0.2) is 83.1 Å². The number of morpholine rings is 1. The summed E-state index contributed by atoms with van der Waals surface area (Å²) >= 11 is 0. The number of fused-ring (bicyclic) bond motifs is 5. The van der Waals surface area contributed by atoms with Crippen molar-refractivity contribution in [2.75, 3.05) is 26.3 Å². The molecule has 2 aromatic rings. The molecular weight excluding hydrogens is 482 g/mol. The lowest BCUT2D eigenvalue weighted by molar-refractivity contribution is -0.00717. The van der Waals surface area contributed by atoms with Gasteiger partial charge in [-0.1, -0.05) is 31.2 Å². The predicted octanol–water partition coefficient (Wildman–Crippen LogP) is 3.59. The van der Waals surface area contributed by atoms with E-state index in [1.807, 2.05) is 39.0 Å². The van der Waals surface area contributed by atoms with Crippen molar-refractivity contribution in [3.63, 3.8) is 0 Å². The van der Waals surface area contributed by atoms with E-state index in [0.29, 0.717) is 44.0 Å². The molecule has 0 spiro atoms. The van der Waals surface area contributed by atoms with Crippen LogP contribution in [0.3, 0.4) is 0 Å². The Morgan fingerprint density at radius 3 is 2.55 bits per heavy atom. The van der Waals surface area contributed by atoms with Crippen molar-refractivity contribution in [1.29, 1.82) is 0 Å². The van der Waals surface area contributed by atoms with Crippen LogP contribution in [-0.2, 0) is 22.4 Å². The van der Waals surface area contributed by atoms with E-state index < -0.39 is 0 Å². The zero-order valence-electron chi connectivity index (χ0n) is 21.7. The molecular formula is C30H33N3O5. The molecule has 3 fully saturated rings. The molecule has 7 rings (SSSR count). The van der Waals surface area contributed by atoms with Crippen molar-refractivity contribution in [2.24, 2.45) is 0 Å². The predicted molar refractivity (Wildman–Crippen MR) is 139 cm³/mol. The zero-order chi connectivity index (χ0) is 26.0. The van der Waals surface area contributed by atoms with Gasteiger partial charge in [0.1, 0.15) is 6.10 Å². The van der Waals surface area contributed by atoms with E-state index in [4.69, 9.17) is 9.47 Å². The molecule has 5 atom stereocenters. The molecule has 8 heteroatoms. The molecule has 3 amide bonds. The van der Waals surface area contributed by atoms with Crippen molar-refractivity contribution in [1.82, 2.24) is 14.7 Å². The maximum absolute atomic E-state index is 13.7. The summed E-state index contributed by atoms with van der Waals surface area (Å²) in [4.78, 5) is 45.5. The van der Waals surface area contributed by atoms with Gasteiger partial charge in [0.15, 0.2) is 0 Å². The summed E-state index contributed by atoms with van der Waals surface area (Å²) in [5, 5.41) is 0. The number of carbonyl (C=O) groups excluding carboxylic acids is 3. The largest absolute Gasteiger partial charge is 0.442 e. The first kappa shape index (κ1) is 23.7. The first-order valence-electron chi connectivity index (χ1n) is 13.9. The van der Waals surface area contributed by atoms with Crippen LogP contribution in [0.15, 0.2) is 42.5 Å². The van der Waals surface area contributed by atoms with Gasteiger partial charge >= 0.3 is 6.09 Å². The molecule has 2 aromatic carbocycles. The van der Waals surface area contributed by atoms with Gasteiger partial charge in [0.05, 0.1) is 37.9 Å². The number of ether oxygens (including phenoxy) is 2. The number of cyclic esters (lactones) is 1. The van der Waals surface area contributed by atoms with E-state index in [0.717, 1.165) is 36.8 Å². The highest BCUT2D eigenvalue weighted by Gasteiger charge is 2.46. The molecule has 4 unspecified atom stereocenters. The van der Waals surface area contributed by atoms with Gasteiger partial charge in [0.2, 0.25) is 0 Å². The second kappa shape index (κ2) is 9.12. The normalized spacial score (nSPS) is 29.6. The van der Waals surface area contributed by atoms with Crippen molar-refractivity contribution >= 4 is 17.9 Å². The first-order valence-corrected chi connectivity index (χ1v) is 13.9. The van der Waals surface area contributed by atoms with E-state index >= 15 is 0 Å². The molecule has 0 aromatic heterocycles. The molecule has 0 aliphatic carbocycles. The second-order valence-corrected chi connectivity index (χ2v) is 11.3. The van der Waals surface area contributed by atoms with Gasteiger partial charge in [-0.2, -0.15) is 0 Å². The number of rotatable bonds is 4. The lowest BCUT2D eigenvalue weighted by Crippen LogP contribution is -2.50. The minimum atomic E-state index is -0.364. The number of carbonyl (C=O) groups is 3. The Balaban J connectivity index is 1.12. The fraction of sp³-hybridized carbons (Fsp3) is 0.500. The summed E-state index contributed by atoms with van der Waals surface area (Å²) in [5.74, 6) is 0.113. The minimum Gasteiger partial charge on any atom is -0.442 e. The number of hydrogen-bond donors (Lipinski definition) is 0. The molecule has 0 saturated carbocycles. The van der Waals surface area contributed by atoms with Crippen LogP contribution in [0.25, 0.3) is 0 Å². The van der Waals surface area contributed by atoms with Crippen LogP contribution in [0, 0.1) is 0 Å². The van der Waals surface area contributed by atoms with Crippen molar-refractivity contribution < 1.29 is 23.9 Å². The molecule has 38 heavy (non-hydrogen) atoms. The summed E-state index contributed by atoms with van der Waals surface area (Å²) in [5.41, 5.74) is 4.66. The molecule has 3 saturated heterocycles. The van der Waals surface area contributed by atoms with Gasteiger partial charge in [0, 0.05) is 30.1 Å². The number of nitrogens with zero attached hydrogens (tertiary/aromatic N) is 3. The molecule has 5 aliphatic rings. The average molecular weight is 516 g/mol. The van der Waals surface area contributed by atoms with Crippen LogP contribution < -0.4 is 0 Å². The third-order valence-electron chi connectivity index (χ3n) is 9.27. The maximum atomic E-state index is 13.7. The summed E-state index contributed by atoms with van der Waals surface area (Å²) in [6, 6.07) is 14.0. The molecule has 0 radical (unpaired) electrons. The fourth-order valence-corrected chi connectivity index (χ4v) is 7.19. The quantitative estimate of drug-likeness (QED) is 0.622. The third kappa shape index (κ3) is 3.72. The van der Waals surface area contributed by atoms with Crippen LogP contribution in [0.5, 0.6) is 0 Å². The molecule has 198 valence electrons. The van der Waals surface area contributed by atoms with Gasteiger partial charge in [-0.25, -0.2) is 4.79 Å². The van der Waals surface area contributed by atoms with Crippen molar-refractivity contribution in [3.8, 4) is 0 Å². The number of benzene rings is 2. The highest BCUT2D eigenvalue weighted by molar-refractivity contribution is 6.00. The molecule has 8 nitrogen and oxygen atoms in total. The fourth-order valence-electron chi connectivity index (χ4n) is 7.19.